The number of carbonyl (C=O) groups excluding carboxylic acids is 2. The predicted octanol–water partition coefficient (Wildman–Crippen LogP) is 4.76. The molecule has 0 atom stereocenters. The lowest BCUT2D eigenvalue weighted by molar-refractivity contribution is -0.113. The maximum atomic E-state index is 12.6. The smallest absolute Gasteiger partial charge is 0.252 e. The second-order valence-electron chi connectivity index (χ2n) is 7.26. The van der Waals surface area contributed by atoms with Crippen molar-refractivity contribution in [2.24, 2.45) is 0 Å². The van der Waals surface area contributed by atoms with Gasteiger partial charge in [0.1, 0.15) is 0 Å². The van der Waals surface area contributed by atoms with Crippen LogP contribution in [0.4, 0.5) is 5.69 Å². The highest BCUT2D eigenvalue weighted by Gasteiger charge is 2.16. The Bertz CT molecular complexity index is 1160. The van der Waals surface area contributed by atoms with E-state index < -0.39 is 0 Å². The van der Waals surface area contributed by atoms with Crippen molar-refractivity contribution < 1.29 is 9.59 Å². The monoisotopic (exact) mass is 527 g/mol. The van der Waals surface area contributed by atoms with E-state index in [4.69, 9.17) is 0 Å². The van der Waals surface area contributed by atoms with Gasteiger partial charge >= 0.3 is 0 Å². The topological polar surface area (TPSA) is 88.9 Å². The number of anilines is 1. The molecule has 0 fully saturated rings. The van der Waals surface area contributed by atoms with E-state index in [1.54, 1.807) is 18.2 Å². The van der Waals surface area contributed by atoms with Crippen molar-refractivity contribution in [2.45, 2.75) is 38.5 Å². The zero-order valence-electron chi connectivity index (χ0n) is 18.6. The average molecular weight is 528 g/mol. The van der Waals surface area contributed by atoms with Gasteiger partial charge in [0.25, 0.3) is 5.91 Å². The number of nitrogens with one attached hydrogen (secondary N) is 2. The summed E-state index contributed by atoms with van der Waals surface area (Å²) in [6.45, 7) is 8.51. The maximum absolute atomic E-state index is 12.6. The molecule has 0 spiro atoms. The van der Waals surface area contributed by atoms with E-state index in [1.807, 2.05) is 41.8 Å². The number of hydrogen-bond donors (Lipinski definition) is 2. The number of benzene rings is 2. The summed E-state index contributed by atoms with van der Waals surface area (Å²) in [5, 5.41) is 14.9. The summed E-state index contributed by atoms with van der Waals surface area (Å²) in [4.78, 5) is 25.1. The lowest BCUT2D eigenvalue weighted by atomic mass is 10.1. The Balaban J connectivity index is 1.65. The van der Waals surface area contributed by atoms with Gasteiger partial charge in [-0.15, -0.1) is 16.8 Å². The van der Waals surface area contributed by atoms with E-state index >= 15 is 0 Å². The second-order valence-corrected chi connectivity index (χ2v) is 9.06. The van der Waals surface area contributed by atoms with E-state index in [0.717, 1.165) is 27.7 Å². The molecule has 2 N–H and O–H groups in total. The lowest BCUT2D eigenvalue weighted by Gasteiger charge is -2.13. The quantitative estimate of drug-likeness (QED) is 0.293. The number of rotatable bonds is 10. The summed E-state index contributed by atoms with van der Waals surface area (Å²) in [6, 6.07) is 13.2. The lowest BCUT2D eigenvalue weighted by Crippen LogP contribution is -2.25. The van der Waals surface area contributed by atoms with Crippen molar-refractivity contribution in [1.29, 1.82) is 0 Å². The molecule has 2 aromatic carbocycles. The third-order valence-electron chi connectivity index (χ3n) is 4.97. The molecule has 1 heterocycles. The number of halogens is 1. The summed E-state index contributed by atoms with van der Waals surface area (Å²) >= 11 is 4.69. The molecule has 3 aromatic rings. The van der Waals surface area contributed by atoms with Crippen molar-refractivity contribution in [3.63, 3.8) is 0 Å². The van der Waals surface area contributed by atoms with Gasteiger partial charge in [-0.05, 0) is 52.5 Å². The van der Waals surface area contributed by atoms with Crippen molar-refractivity contribution in [1.82, 2.24) is 20.1 Å². The molecule has 9 heteroatoms. The van der Waals surface area contributed by atoms with Crippen molar-refractivity contribution >= 4 is 45.2 Å². The molecule has 0 saturated heterocycles. The Morgan fingerprint density at radius 1 is 1.18 bits per heavy atom. The first kappa shape index (κ1) is 24.7. The minimum absolute atomic E-state index is 0.110. The molecular formula is C24H26BrN5O2S. The predicted molar refractivity (Wildman–Crippen MR) is 135 cm³/mol. The van der Waals surface area contributed by atoms with Crippen molar-refractivity contribution in [3.8, 4) is 0 Å². The summed E-state index contributed by atoms with van der Waals surface area (Å²) < 4.78 is 2.56. The standard InChI is InChI=1S/C24H26BrN5O2S/c1-4-13-30-20(14-26-23(32)18-11-6-7-12-19(18)25)28-29-24(30)33-15-21(31)27-22-16(3)9-8-10-17(22)5-2/h4,6-12H,1,5,13-15H2,2-3H3,(H,26,32)(H,27,31). The first-order chi connectivity index (χ1) is 15.9. The van der Waals surface area contributed by atoms with Gasteiger partial charge in [0.2, 0.25) is 5.91 Å². The highest BCUT2D eigenvalue weighted by Crippen LogP contribution is 2.23. The summed E-state index contributed by atoms with van der Waals surface area (Å²) in [6.07, 6.45) is 2.57. The largest absolute Gasteiger partial charge is 0.345 e. The highest BCUT2D eigenvalue weighted by molar-refractivity contribution is 9.10. The number of aromatic nitrogens is 3. The minimum Gasteiger partial charge on any atom is -0.345 e. The molecule has 3 rings (SSSR count). The number of hydrogen-bond acceptors (Lipinski definition) is 5. The normalized spacial score (nSPS) is 10.6. The Morgan fingerprint density at radius 3 is 2.70 bits per heavy atom. The Kier molecular flexibility index (Phi) is 8.85. The third kappa shape index (κ3) is 6.33. The van der Waals surface area contributed by atoms with Gasteiger partial charge < -0.3 is 15.2 Å². The fraction of sp³-hybridized carbons (Fsp3) is 0.250. The van der Waals surface area contributed by atoms with Crippen LogP contribution >= 0.6 is 27.7 Å². The Labute approximate surface area is 206 Å². The highest BCUT2D eigenvalue weighted by atomic mass is 79.9. The molecule has 0 aliphatic carbocycles. The molecule has 33 heavy (non-hydrogen) atoms. The number of carbonyl (C=O) groups is 2. The van der Waals surface area contributed by atoms with Gasteiger partial charge in [-0.25, -0.2) is 0 Å². The number of amides is 2. The molecule has 172 valence electrons. The zero-order valence-corrected chi connectivity index (χ0v) is 21.0. The molecule has 2 amide bonds. The summed E-state index contributed by atoms with van der Waals surface area (Å²) in [5.74, 6) is 0.455. The minimum atomic E-state index is -0.214. The molecule has 1 aromatic heterocycles. The van der Waals surface area contributed by atoms with Crippen LogP contribution < -0.4 is 10.6 Å². The van der Waals surface area contributed by atoms with E-state index in [1.165, 1.54) is 11.8 Å². The Hall–Kier alpha value is -2.91. The van der Waals surface area contributed by atoms with E-state index in [0.29, 0.717) is 23.1 Å². The first-order valence-corrected chi connectivity index (χ1v) is 12.3. The second kappa shape index (κ2) is 11.8. The number of nitrogens with zero attached hydrogens (tertiary/aromatic N) is 3. The van der Waals surface area contributed by atoms with Crippen LogP contribution in [-0.4, -0.2) is 32.3 Å². The molecule has 0 aliphatic rings. The first-order valence-electron chi connectivity index (χ1n) is 10.5. The summed E-state index contributed by atoms with van der Waals surface area (Å²) in [7, 11) is 0. The molecule has 0 aliphatic heterocycles. The fourth-order valence-electron chi connectivity index (χ4n) is 3.28. The molecular weight excluding hydrogens is 502 g/mol. The van der Waals surface area contributed by atoms with Crippen LogP contribution in [0.5, 0.6) is 0 Å². The van der Waals surface area contributed by atoms with Gasteiger partial charge in [0.05, 0.1) is 17.9 Å². The van der Waals surface area contributed by atoms with Crippen LogP contribution in [0.1, 0.15) is 34.2 Å². The zero-order chi connectivity index (χ0) is 23.8. The van der Waals surface area contributed by atoms with Crippen LogP contribution in [0.15, 0.2) is 64.7 Å². The molecule has 7 nitrogen and oxygen atoms in total. The summed E-state index contributed by atoms with van der Waals surface area (Å²) in [5.41, 5.74) is 3.55. The van der Waals surface area contributed by atoms with Crippen LogP contribution in [0.2, 0.25) is 0 Å². The van der Waals surface area contributed by atoms with Crippen LogP contribution in [0.3, 0.4) is 0 Å². The SMILES string of the molecule is C=CCn1c(CNC(=O)c2ccccc2Br)nnc1SCC(=O)Nc1c(C)cccc1CC. The van der Waals surface area contributed by atoms with E-state index in [2.05, 4.69) is 50.3 Å². The van der Waals surface area contributed by atoms with Crippen molar-refractivity contribution in [2.75, 3.05) is 11.1 Å². The molecule has 0 radical (unpaired) electrons. The van der Waals surface area contributed by atoms with Gasteiger partial charge in [-0.2, -0.15) is 0 Å². The average Bonchev–Trinajstić information content (AvgIpc) is 3.19. The fourth-order valence-corrected chi connectivity index (χ4v) is 4.51. The van der Waals surface area contributed by atoms with Crippen molar-refractivity contribution in [3.05, 3.63) is 82.1 Å². The number of aryl methyl sites for hydroxylation is 2. The Morgan fingerprint density at radius 2 is 1.97 bits per heavy atom. The van der Waals surface area contributed by atoms with E-state index in [9.17, 15) is 9.59 Å². The number of thioether (sulfide) groups is 1. The van der Waals surface area contributed by atoms with Gasteiger partial charge in [0, 0.05) is 16.7 Å². The third-order valence-corrected chi connectivity index (χ3v) is 6.63. The van der Waals surface area contributed by atoms with Crippen LogP contribution in [0, 0.1) is 6.92 Å². The molecule has 0 unspecified atom stereocenters. The number of allylic oxidation sites excluding steroid dienone is 1. The van der Waals surface area contributed by atoms with Gasteiger partial charge in [0.15, 0.2) is 11.0 Å². The molecule has 0 bridgehead atoms. The maximum Gasteiger partial charge on any atom is 0.252 e. The number of para-hydroxylation sites is 1. The van der Waals surface area contributed by atoms with Crippen LogP contribution in [0.25, 0.3) is 0 Å². The molecule has 0 saturated carbocycles. The van der Waals surface area contributed by atoms with Crippen LogP contribution in [-0.2, 0) is 24.3 Å². The van der Waals surface area contributed by atoms with E-state index in [-0.39, 0.29) is 24.1 Å². The van der Waals surface area contributed by atoms with Gasteiger partial charge in [-0.3, -0.25) is 9.59 Å². The van der Waals surface area contributed by atoms with Gasteiger partial charge in [-0.1, -0.05) is 55.1 Å².